The first-order valence-electron chi connectivity index (χ1n) is 8.18. The number of nitrogens with zero attached hydrogens (tertiary/aromatic N) is 1. The lowest BCUT2D eigenvalue weighted by Gasteiger charge is -2.28. The number of ether oxygens (including phenoxy) is 4. The van der Waals surface area contributed by atoms with Crippen molar-refractivity contribution in [2.24, 2.45) is 0 Å². The summed E-state index contributed by atoms with van der Waals surface area (Å²) in [7, 11) is 0.712. The second-order valence-electron chi connectivity index (χ2n) is 6.00. The van der Waals surface area contributed by atoms with Gasteiger partial charge in [-0.25, -0.2) is 13.1 Å². The topological polar surface area (TPSA) is 103 Å². The van der Waals surface area contributed by atoms with Crippen LogP contribution in [0.2, 0.25) is 0 Å². The Morgan fingerprint density at radius 3 is 2.65 bits per heavy atom. The smallest absolute Gasteiger partial charge is 0.257 e. The number of benzene rings is 1. The second-order valence-corrected chi connectivity index (χ2v) is 7.71. The zero-order chi connectivity index (χ0) is 18.9. The van der Waals surface area contributed by atoms with E-state index in [4.69, 9.17) is 18.9 Å². The summed E-state index contributed by atoms with van der Waals surface area (Å²) >= 11 is 0. The van der Waals surface area contributed by atoms with Crippen LogP contribution in [0.3, 0.4) is 0 Å². The number of amides is 1. The molecule has 1 aromatic carbocycles. The first kappa shape index (κ1) is 18.7. The van der Waals surface area contributed by atoms with Crippen LogP contribution < -0.4 is 18.9 Å². The fourth-order valence-corrected chi connectivity index (χ4v) is 4.61. The molecule has 2 aliphatic rings. The van der Waals surface area contributed by atoms with Crippen molar-refractivity contribution in [3.8, 4) is 17.2 Å². The maximum atomic E-state index is 13.0. The van der Waals surface area contributed by atoms with E-state index in [1.54, 1.807) is 14.2 Å². The summed E-state index contributed by atoms with van der Waals surface area (Å²) in [6.45, 7) is 0.913. The molecule has 1 N–H and O–H groups in total. The van der Waals surface area contributed by atoms with Crippen LogP contribution in [0.1, 0.15) is 22.3 Å². The second kappa shape index (κ2) is 7.29. The molecule has 0 aliphatic carbocycles. The largest absolute Gasteiger partial charge is 0.492 e. The molecule has 1 aromatic rings. The summed E-state index contributed by atoms with van der Waals surface area (Å²) in [5.74, 6) is 0.143. The van der Waals surface area contributed by atoms with Crippen LogP contribution >= 0.6 is 0 Å². The van der Waals surface area contributed by atoms with Crippen LogP contribution in [0.4, 0.5) is 0 Å². The molecule has 0 atom stereocenters. The molecule has 0 saturated carbocycles. The maximum absolute atomic E-state index is 13.0. The summed E-state index contributed by atoms with van der Waals surface area (Å²) in [6, 6.07) is 0. The van der Waals surface area contributed by atoms with Crippen molar-refractivity contribution in [2.45, 2.75) is 17.7 Å². The van der Waals surface area contributed by atoms with Gasteiger partial charge < -0.3 is 23.8 Å². The number of sulfonamides is 1. The van der Waals surface area contributed by atoms with Crippen molar-refractivity contribution in [3.05, 3.63) is 11.1 Å². The minimum atomic E-state index is -3.91. The van der Waals surface area contributed by atoms with Crippen molar-refractivity contribution in [3.63, 3.8) is 0 Å². The van der Waals surface area contributed by atoms with E-state index in [1.807, 2.05) is 0 Å². The SMILES string of the molecule is COCCCNS(=O)(=O)c1c2c(c(OC)c3c1OCO3)C(=O)N(C)CC2. The van der Waals surface area contributed by atoms with E-state index in [-0.39, 0.29) is 47.0 Å². The highest BCUT2D eigenvalue weighted by Crippen LogP contribution is 2.51. The minimum Gasteiger partial charge on any atom is -0.492 e. The van der Waals surface area contributed by atoms with E-state index in [0.717, 1.165) is 0 Å². The number of likely N-dealkylation sites (N-methyl/N-ethyl adjacent to an activating group) is 1. The maximum Gasteiger partial charge on any atom is 0.257 e. The number of methoxy groups -OCH3 is 2. The summed E-state index contributed by atoms with van der Waals surface area (Å²) in [4.78, 5) is 14.2. The molecule has 10 heteroatoms. The molecule has 0 unspecified atom stereocenters. The predicted molar refractivity (Wildman–Crippen MR) is 91.5 cm³/mol. The molecule has 2 aliphatic heterocycles. The third-order valence-corrected chi connectivity index (χ3v) is 5.93. The lowest BCUT2D eigenvalue weighted by molar-refractivity contribution is 0.0775. The molecule has 0 spiro atoms. The van der Waals surface area contributed by atoms with Crippen LogP contribution in [-0.2, 0) is 21.2 Å². The van der Waals surface area contributed by atoms with Gasteiger partial charge in [0.1, 0.15) is 4.90 Å². The lowest BCUT2D eigenvalue weighted by atomic mass is 9.97. The standard InChI is InChI=1S/C16H22N2O7S/c1-18-7-5-10-11(16(18)19)12(23-3)13-14(25-9-24-13)15(10)26(20,21)17-6-4-8-22-2/h17H,4-9H2,1-3H3. The van der Waals surface area contributed by atoms with Gasteiger partial charge in [0.15, 0.2) is 11.5 Å². The van der Waals surface area contributed by atoms with Gasteiger partial charge in [-0.15, -0.1) is 0 Å². The van der Waals surface area contributed by atoms with Gasteiger partial charge in [0.2, 0.25) is 22.6 Å². The Morgan fingerprint density at radius 1 is 1.23 bits per heavy atom. The van der Waals surface area contributed by atoms with Crippen molar-refractivity contribution in [1.29, 1.82) is 0 Å². The molecule has 9 nitrogen and oxygen atoms in total. The van der Waals surface area contributed by atoms with Gasteiger partial charge in [-0.3, -0.25) is 4.79 Å². The van der Waals surface area contributed by atoms with Gasteiger partial charge in [0.05, 0.1) is 12.7 Å². The molecule has 0 bridgehead atoms. The molecule has 0 saturated heterocycles. The summed E-state index contributed by atoms with van der Waals surface area (Å²) < 4.78 is 49.6. The Bertz CT molecular complexity index is 823. The average Bonchev–Trinajstić information content (AvgIpc) is 3.08. The minimum absolute atomic E-state index is 0.0420. The number of fused-ring (bicyclic) bond motifs is 2. The Kier molecular flexibility index (Phi) is 5.26. The molecular formula is C16H22N2O7S. The third-order valence-electron chi connectivity index (χ3n) is 4.38. The Labute approximate surface area is 152 Å². The molecule has 2 heterocycles. The quantitative estimate of drug-likeness (QED) is 0.675. The van der Waals surface area contributed by atoms with E-state index >= 15 is 0 Å². The molecule has 0 aromatic heterocycles. The monoisotopic (exact) mass is 386 g/mol. The van der Waals surface area contributed by atoms with Gasteiger partial charge in [-0.2, -0.15) is 0 Å². The number of hydrogen-bond donors (Lipinski definition) is 1. The van der Waals surface area contributed by atoms with E-state index in [9.17, 15) is 13.2 Å². The first-order chi connectivity index (χ1) is 12.4. The number of nitrogens with one attached hydrogen (secondary N) is 1. The predicted octanol–water partition coefficient (Wildman–Crippen LogP) is 0.367. The normalized spacial score (nSPS) is 16.0. The van der Waals surface area contributed by atoms with Gasteiger partial charge in [0.25, 0.3) is 5.91 Å². The Hall–Kier alpha value is -2.04. The van der Waals surface area contributed by atoms with Gasteiger partial charge in [-0.05, 0) is 18.4 Å². The van der Waals surface area contributed by atoms with Gasteiger partial charge in [0, 0.05) is 33.9 Å². The Balaban J connectivity index is 2.14. The van der Waals surface area contributed by atoms with E-state index in [2.05, 4.69) is 4.72 Å². The van der Waals surface area contributed by atoms with E-state index in [0.29, 0.717) is 31.6 Å². The summed E-state index contributed by atoms with van der Waals surface area (Å²) in [5, 5.41) is 0. The molecular weight excluding hydrogens is 364 g/mol. The molecule has 0 fully saturated rings. The van der Waals surface area contributed by atoms with Crippen molar-refractivity contribution >= 4 is 15.9 Å². The molecule has 3 rings (SSSR count). The van der Waals surface area contributed by atoms with E-state index < -0.39 is 10.0 Å². The van der Waals surface area contributed by atoms with Crippen LogP contribution in [-0.4, -0.2) is 67.0 Å². The van der Waals surface area contributed by atoms with Gasteiger partial charge in [-0.1, -0.05) is 0 Å². The molecule has 1 amide bonds. The Morgan fingerprint density at radius 2 is 1.96 bits per heavy atom. The highest BCUT2D eigenvalue weighted by atomic mass is 32.2. The van der Waals surface area contributed by atoms with E-state index in [1.165, 1.54) is 12.0 Å². The number of hydrogen-bond acceptors (Lipinski definition) is 7. The zero-order valence-corrected chi connectivity index (χ0v) is 15.8. The fourth-order valence-electron chi connectivity index (χ4n) is 3.13. The van der Waals surface area contributed by atoms with Crippen LogP contribution in [0.15, 0.2) is 4.90 Å². The van der Waals surface area contributed by atoms with Crippen molar-refractivity contribution < 1.29 is 32.2 Å². The van der Waals surface area contributed by atoms with Gasteiger partial charge >= 0.3 is 0 Å². The first-order valence-corrected chi connectivity index (χ1v) is 9.67. The lowest BCUT2D eigenvalue weighted by Crippen LogP contribution is -2.36. The average molecular weight is 386 g/mol. The number of rotatable bonds is 7. The van der Waals surface area contributed by atoms with Crippen LogP contribution in [0.5, 0.6) is 17.2 Å². The number of carbonyl (C=O) groups is 1. The third kappa shape index (κ3) is 3.08. The van der Waals surface area contributed by atoms with Crippen LogP contribution in [0, 0.1) is 0 Å². The van der Waals surface area contributed by atoms with Crippen molar-refractivity contribution in [2.75, 3.05) is 47.8 Å². The molecule has 26 heavy (non-hydrogen) atoms. The van der Waals surface area contributed by atoms with Crippen LogP contribution in [0.25, 0.3) is 0 Å². The summed E-state index contributed by atoms with van der Waals surface area (Å²) in [6.07, 6.45) is 0.897. The number of carbonyl (C=O) groups excluding carboxylic acids is 1. The zero-order valence-electron chi connectivity index (χ0n) is 15.0. The highest BCUT2D eigenvalue weighted by molar-refractivity contribution is 7.89. The fraction of sp³-hybridized carbons (Fsp3) is 0.562. The summed E-state index contributed by atoms with van der Waals surface area (Å²) in [5.41, 5.74) is 0.608. The molecule has 0 radical (unpaired) electrons. The van der Waals surface area contributed by atoms with Crippen molar-refractivity contribution in [1.82, 2.24) is 9.62 Å². The molecule has 144 valence electrons. The highest BCUT2D eigenvalue weighted by Gasteiger charge is 2.40.